The number of fused-ring (bicyclic) bond motifs is 1. The molecular formula is C18H15N3O5S. The molecule has 2 aromatic carbocycles. The molecule has 0 aliphatic carbocycles. The van der Waals surface area contributed by atoms with Gasteiger partial charge in [-0.25, -0.2) is 0 Å². The molecule has 0 aliphatic rings. The Labute approximate surface area is 157 Å². The summed E-state index contributed by atoms with van der Waals surface area (Å²) >= 11 is 1.47. The van der Waals surface area contributed by atoms with Crippen LogP contribution in [0.25, 0.3) is 10.1 Å². The molecule has 0 saturated heterocycles. The number of hydrogen-bond acceptors (Lipinski definition) is 6. The van der Waals surface area contributed by atoms with Crippen molar-refractivity contribution < 1.29 is 19.6 Å². The first kappa shape index (κ1) is 18.5. The zero-order valence-corrected chi connectivity index (χ0v) is 14.7. The number of rotatable bonds is 5. The zero-order chi connectivity index (χ0) is 19.4. The topological polar surface area (TPSA) is 122 Å². The minimum absolute atomic E-state index is 0.0768. The average molecular weight is 385 g/mol. The third-order valence-electron chi connectivity index (χ3n) is 3.88. The van der Waals surface area contributed by atoms with Gasteiger partial charge < -0.3 is 15.7 Å². The van der Waals surface area contributed by atoms with Gasteiger partial charge in [-0.1, -0.05) is 30.3 Å². The standard InChI is InChI=1S/C18H15N3O5S/c22-15(12-10-27-16-8-4-1-5-11(12)16)9-19-17(23)18(24)20-13-6-2-3-7-14(13)21(25)26/h1-8,10,15,22H,9H2,(H,19,23)(H,20,24). The van der Waals surface area contributed by atoms with Gasteiger partial charge in [-0.15, -0.1) is 11.3 Å². The summed E-state index contributed by atoms with van der Waals surface area (Å²) in [5.41, 5.74) is 0.269. The molecule has 3 aromatic rings. The molecule has 27 heavy (non-hydrogen) atoms. The predicted octanol–water partition coefficient (Wildman–Crippen LogP) is 2.60. The van der Waals surface area contributed by atoms with Crippen LogP contribution in [0.1, 0.15) is 11.7 Å². The van der Waals surface area contributed by atoms with Crippen LogP contribution < -0.4 is 10.6 Å². The number of carbonyl (C=O) groups is 2. The number of nitrogens with one attached hydrogen (secondary N) is 2. The van der Waals surface area contributed by atoms with Crippen molar-refractivity contribution in [3.63, 3.8) is 0 Å². The fourth-order valence-electron chi connectivity index (χ4n) is 2.55. The maximum absolute atomic E-state index is 12.0. The van der Waals surface area contributed by atoms with E-state index in [2.05, 4.69) is 10.6 Å². The molecule has 0 fully saturated rings. The van der Waals surface area contributed by atoms with Gasteiger partial charge >= 0.3 is 11.8 Å². The van der Waals surface area contributed by atoms with E-state index >= 15 is 0 Å². The summed E-state index contributed by atoms with van der Waals surface area (Å²) < 4.78 is 1.01. The van der Waals surface area contributed by atoms with Crippen LogP contribution in [0, 0.1) is 10.1 Å². The van der Waals surface area contributed by atoms with Gasteiger partial charge in [0.05, 0.1) is 11.0 Å². The Bertz CT molecular complexity index is 1020. The molecule has 9 heteroatoms. The summed E-state index contributed by atoms with van der Waals surface area (Å²) in [6, 6.07) is 13.0. The van der Waals surface area contributed by atoms with Crippen molar-refractivity contribution in [1.82, 2.24) is 5.32 Å². The molecule has 138 valence electrons. The maximum Gasteiger partial charge on any atom is 0.313 e. The lowest BCUT2D eigenvalue weighted by atomic mass is 10.1. The summed E-state index contributed by atoms with van der Waals surface area (Å²) in [7, 11) is 0. The van der Waals surface area contributed by atoms with Crippen LogP contribution in [0.4, 0.5) is 11.4 Å². The lowest BCUT2D eigenvalue weighted by Crippen LogP contribution is -2.37. The van der Waals surface area contributed by atoms with Crippen LogP contribution in [0.2, 0.25) is 0 Å². The quantitative estimate of drug-likeness (QED) is 0.354. The molecule has 1 atom stereocenters. The molecule has 0 aliphatic heterocycles. The number of nitrogens with zero attached hydrogens (tertiary/aromatic N) is 1. The highest BCUT2D eigenvalue weighted by molar-refractivity contribution is 7.17. The van der Waals surface area contributed by atoms with Crippen molar-refractivity contribution in [2.75, 3.05) is 11.9 Å². The average Bonchev–Trinajstić information content (AvgIpc) is 3.10. The summed E-state index contributed by atoms with van der Waals surface area (Å²) in [6.07, 6.45) is -0.982. The largest absolute Gasteiger partial charge is 0.387 e. The normalized spacial score (nSPS) is 11.7. The van der Waals surface area contributed by atoms with E-state index in [4.69, 9.17) is 0 Å². The van der Waals surface area contributed by atoms with Crippen molar-refractivity contribution in [2.24, 2.45) is 0 Å². The third-order valence-corrected chi connectivity index (χ3v) is 4.86. The molecular weight excluding hydrogens is 370 g/mol. The lowest BCUT2D eigenvalue weighted by molar-refractivity contribution is -0.383. The first-order valence-corrected chi connectivity index (χ1v) is 8.82. The van der Waals surface area contributed by atoms with Gasteiger partial charge in [0.1, 0.15) is 5.69 Å². The number of nitro benzene ring substituents is 1. The second-order valence-corrected chi connectivity index (χ2v) is 6.55. The Morgan fingerprint density at radius 3 is 2.59 bits per heavy atom. The predicted molar refractivity (Wildman–Crippen MR) is 102 cm³/mol. The molecule has 1 unspecified atom stereocenters. The Morgan fingerprint density at radius 2 is 1.81 bits per heavy atom. The van der Waals surface area contributed by atoms with E-state index in [1.165, 1.54) is 35.6 Å². The molecule has 0 bridgehead atoms. The van der Waals surface area contributed by atoms with Crippen LogP contribution >= 0.6 is 11.3 Å². The van der Waals surface area contributed by atoms with Gasteiger partial charge in [0, 0.05) is 22.9 Å². The molecule has 3 N–H and O–H groups in total. The van der Waals surface area contributed by atoms with E-state index < -0.39 is 22.8 Å². The number of anilines is 1. The number of aliphatic hydroxyl groups excluding tert-OH is 1. The molecule has 2 amide bonds. The summed E-state index contributed by atoms with van der Waals surface area (Å²) in [5.74, 6) is -2.04. The fourth-order valence-corrected chi connectivity index (χ4v) is 3.56. The van der Waals surface area contributed by atoms with Crippen molar-refractivity contribution >= 4 is 44.6 Å². The van der Waals surface area contributed by atoms with E-state index in [0.29, 0.717) is 5.56 Å². The van der Waals surface area contributed by atoms with Crippen molar-refractivity contribution in [2.45, 2.75) is 6.10 Å². The molecule has 3 rings (SSSR count). The molecule has 0 saturated carbocycles. The Morgan fingerprint density at radius 1 is 1.11 bits per heavy atom. The van der Waals surface area contributed by atoms with Crippen LogP contribution in [-0.2, 0) is 9.59 Å². The molecule has 1 heterocycles. The summed E-state index contributed by atoms with van der Waals surface area (Å²) in [5, 5.41) is 28.5. The molecule has 8 nitrogen and oxygen atoms in total. The van der Waals surface area contributed by atoms with Gasteiger partial charge in [0.25, 0.3) is 5.69 Å². The van der Waals surface area contributed by atoms with E-state index in [0.717, 1.165) is 10.1 Å². The highest BCUT2D eigenvalue weighted by Gasteiger charge is 2.21. The van der Waals surface area contributed by atoms with Crippen LogP contribution in [0.3, 0.4) is 0 Å². The number of thiophene rings is 1. The monoisotopic (exact) mass is 385 g/mol. The van der Waals surface area contributed by atoms with Crippen LogP contribution in [0.15, 0.2) is 53.9 Å². The highest BCUT2D eigenvalue weighted by atomic mass is 32.1. The molecule has 1 aromatic heterocycles. The van der Waals surface area contributed by atoms with E-state index in [1.807, 2.05) is 24.3 Å². The number of aliphatic hydroxyl groups is 1. The molecule has 0 radical (unpaired) electrons. The first-order valence-electron chi connectivity index (χ1n) is 7.94. The lowest BCUT2D eigenvalue weighted by Gasteiger charge is -2.11. The number of carbonyl (C=O) groups excluding carboxylic acids is 2. The van der Waals surface area contributed by atoms with Crippen LogP contribution in [0.5, 0.6) is 0 Å². The van der Waals surface area contributed by atoms with Gasteiger partial charge in [0.15, 0.2) is 0 Å². The van der Waals surface area contributed by atoms with E-state index in [1.54, 1.807) is 5.38 Å². The SMILES string of the molecule is O=C(NCC(O)c1csc2ccccc12)C(=O)Nc1ccccc1[N+](=O)[O-]. The van der Waals surface area contributed by atoms with Crippen molar-refractivity contribution in [3.05, 3.63) is 69.6 Å². The summed E-state index contributed by atoms with van der Waals surface area (Å²) in [6.45, 7) is -0.163. The van der Waals surface area contributed by atoms with Gasteiger partial charge in [-0.3, -0.25) is 19.7 Å². The smallest absolute Gasteiger partial charge is 0.313 e. The Balaban J connectivity index is 1.62. The highest BCUT2D eigenvalue weighted by Crippen LogP contribution is 2.29. The van der Waals surface area contributed by atoms with E-state index in [-0.39, 0.29) is 17.9 Å². The number of hydrogen-bond donors (Lipinski definition) is 3. The van der Waals surface area contributed by atoms with Gasteiger partial charge in [-0.05, 0) is 22.9 Å². The fraction of sp³-hybridized carbons (Fsp3) is 0.111. The maximum atomic E-state index is 12.0. The third kappa shape index (κ3) is 4.10. The number of benzene rings is 2. The second-order valence-electron chi connectivity index (χ2n) is 5.64. The molecule has 0 spiro atoms. The van der Waals surface area contributed by atoms with Crippen molar-refractivity contribution in [3.8, 4) is 0 Å². The van der Waals surface area contributed by atoms with Crippen LogP contribution in [-0.4, -0.2) is 28.4 Å². The van der Waals surface area contributed by atoms with Gasteiger partial charge in [-0.2, -0.15) is 0 Å². The van der Waals surface area contributed by atoms with Gasteiger partial charge in [0.2, 0.25) is 0 Å². The Kier molecular flexibility index (Phi) is 5.43. The minimum atomic E-state index is -1.05. The first-order chi connectivity index (χ1) is 13.0. The van der Waals surface area contributed by atoms with E-state index in [9.17, 15) is 24.8 Å². The number of para-hydroxylation sites is 2. The number of nitro groups is 1. The minimum Gasteiger partial charge on any atom is -0.387 e. The van der Waals surface area contributed by atoms with Crippen molar-refractivity contribution in [1.29, 1.82) is 0 Å². The number of amides is 2. The summed E-state index contributed by atoms with van der Waals surface area (Å²) in [4.78, 5) is 34.2. The Hall–Kier alpha value is -3.30. The second kappa shape index (κ2) is 7.94. The zero-order valence-electron chi connectivity index (χ0n) is 13.9.